The van der Waals surface area contributed by atoms with Gasteiger partial charge in [0.15, 0.2) is 0 Å². The van der Waals surface area contributed by atoms with E-state index in [1.54, 1.807) is 25.3 Å². The fourth-order valence-corrected chi connectivity index (χ4v) is 2.04. The first-order valence-electron chi connectivity index (χ1n) is 7.06. The van der Waals surface area contributed by atoms with E-state index >= 15 is 0 Å². The topological polar surface area (TPSA) is 87.8 Å². The lowest BCUT2D eigenvalue weighted by Gasteiger charge is -2.25. The molecule has 1 aromatic carbocycles. The minimum atomic E-state index is -0.109. The number of aliphatic hydroxyl groups excluding tert-OH is 1. The van der Waals surface area contributed by atoms with Crippen molar-refractivity contribution in [1.29, 1.82) is 0 Å². The summed E-state index contributed by atoms with van der Waals surface area (Å²) in [6, 6.07) is 5.39. The molecular formula is C15H25N3O3. The van der Waals surface area contributed by atoms with Gasteiger partial charge in [-0.05, 0) is 32.0 Å². The Bertz CT molecular complexity index is 463. The molecule has 0 saturated heterocycles. The molecule has 0 atom stereocenters. The molecule has 1 rings (SSSR count). The highest BCUT2D eigenvalue weighted by molar-refractivity contribution is 5.93. The van der Waals surface area contributed by atoms with Crippen molar-refractivity contribution >= 4 is 17.3 Å². The van der Waals surface area contributed by atoms with Crippen molar-refractivity contribution in [2.75, 3.05) is 37.9 Å². The second-order valence-electron chi connectivity index (χ2n) is 5.11. The van der Waals surface area contributed by atoms with E-state index < -0.39 is 0 Å². The summed E-state index contributed by atoms with van der Waals surface area (Å²) in [7, 11) is 1.54. The molecule has 0 bridgehead atoms. The van der Waals surface area contributed by atoms with Crippen LogP contribution >= 0.6 is 0 Å². The van der Waals surface area contributed by atoms with Crippen LogP contribution < -0.4 is 15.8 Å². The Labute approximate surface area is 125 Å². The number of anilines is 2. The number of ether oxygens (including phenoxy) is 1. The maximum Gasteiger partial charge on any atom is 0.225 e. The molecule has 1 amide bonds. The Morgan fingerprint density at radius 2 is 2.14 bits per heavy atom. The average molecular weight is 295 g/mol. The van der Waals surface area contributed by atoms with Crippen LogP contribution in [-0.2, 0) is 4.79 Å². The van der Waals surface area contributed by atoms with E-state index in [0.717, 1.165) is 0 Å². The molecule has 6 heteroatoms. The van der Waals surface area contributed by atoms with Crippen LogP contribution in [0.15, 0.2) is 18.2 Å². The summed E-state index contributed by atoms with van der Waals surface area (Å²) >= 11 is 0. The fraction of sp³-hybridized carbons (Fsp3) is 0.533. The summed E-state index contributed by atoms with van der Waals surface area (Å²) < 4.78 is 5.19. The smallest absolute Gasteiger partial charge is 0.225 e. The SMILES string of the molecule is COc1ccc(N)cc1NC(=O)CCN(CCO)C(C)C. The molecule has 21 heavy (non-hydrogen) atoms. The van der Waals surface area contributed by atoms with E-state index in [9.17, 15) is 4.79 Å². The lowest BCUT2D eigenvalue weighted by atomic mass is 10.2. The first-order valence-corrected chi connectivity index (χ1v) is 7.06. The van der Waals surface area contributed by atoms with E-state index in [0.29, 0.717) is 36.6 Å². The number of nitrogens with zero attached hydrogens (tertiary/aromatic N) is 1. The minimum absolute atomic E-state index is 0.0862. The van der Waals surface area contributed by atoms with Crippen LogP contribution in [0.3, 0.4) is 0 Å². The summed E-state index contributed by atoms with van der Waals surface area (Å²) in [5.74, 6) is 0.469. The van der Waals surface area contributed by atoms with Gasteiger partial charge in [0.2, 0.25) is 5.91 Å². The maximum atomic E-state index is 12.0. The number of nitrogens with one attached hydrogen (secondary N) is 1. The molecular weight excluding hydrogens is 270 g/mol. The molecule has 1 aromatic rings. The molecule has 0 aliphatic rings. The predicted octanol–water partition coefficient (Wildman–Crippen LogP) is 1.31. The Hall–Kier alpha value is -1.79. The first-order chi connectivity index (χ1) is 9.97. The van der Waals surface area contributed by atoms with Crippen LogP contribution in [0.5, 0.6) is 5.75 Å². The zero-order chi connectivity index (χ0) is 15.8. The minimum Gasteiger partial charge on any atom is -0.495 e. The number of carbonyl (C=O) groups excluding carboxylic acids is 1. The third-order valence-electron chi connectivity index (χ3n) is 3.24. The first kappa shape index (κ1) is 17.3. The Kier molecular flexibility index (Phi) is 6.98. The van der Waals surface area contributed by atoms with Crippen molar-refractivity contribution in [3.05, 3.63) is 18.2 Å². The molecule has 0 radical (unpaired) electrons. The van der Waals surface area contributed by atoms with Crippen LogP contribution in [0.1, 0.15) is 20.3 Å². The van der Waals surface area contributed by atoms with Gasteiger partial charge in [0, 0.05) is 31.2 Å². The number of nitrogen functional groups attached to an aromatic ring is 1. The number of hydrogen-bond donors (Lipinski definition) is 3. The van der Waals surface area contributed by atoms with Gasteiger partial charge < -0.3 is 20.9 Å². The van der Waals surface area contributed by atoms with Gasteiger partial charge in [-0.15, -0.1) is 0 Å². The Morgan fingerprint density at radius 1 is 1.43 bits per heavy atom. The summed E-state index contributed by atoms with van der Waals surface area (Å²) in [5.41, 5.74) is 6.85. The number of carbonyl (C=O) groups is 1. The van der Waals surface area contributed by atoms with Crippen LogP contribution in [0.2, 0.25) is 0 Å². The van der Waals surface area contributed by atoms with Crippen molar-refractivity contribution in [1.82, 2.24) is 4.90 Å². The zero-order valence-electron chi connectivity index (χ0n) is 12.9. The van der Waals surface area contributed by atoms with Gasteiger partial charge in [-0.25, -0.2) is 0 Å². The lowest BCUT2D eigenvalue weighted by molar-refractivity contribution is -0.116. The monoisotopic (exact) mass is 295 g/mol. The van der Waals surface area contributed by atoms with Gasteiger partial charge >= 0.3 is 0 Å². The Balaban J connectivity index is 2.59. The normalized spacial score (nSPS) is 11.0. The summed E-state index contributed by atoms with van der Waals surface area (Å²) in [4.78, 5) is 14.1. The van der Waals surface area contributed by atoms with Gasteiger partial charge in [-0.2, -0.15) is 0 Å². The van der Waals surface area contributed by atoms with Gasteiger partial charge in [0.05, 0.1) is 19.4 Å². The van der Waals surface area contributed by atoms with E-state index in [1.165, 1.54) is 0 Å². The molecule has 4 N–H and O–H groups in total. The highest BCUT2D eigenvalue weighted by Crippen LogP contribution is 2.26. The van der Waals surface area contributed by atoms with E-state index in [4.69, 9.17) is 15.6 Å². The van der Waals surface area contributed by atoms with Crippen molar-refractivity contribution in [2.45, 2.75) is 26.3 Å². The highest BCUT2D eigenvalue weighted by Gasteiger charge is 2.12. The van der Waals surface area contributed by atoms with Crippen LogP contribution in [0.25, 0.3) is 0 Å². The van der Waals surface area contributed by atoms with Crippen LogP contribution in [0, 0.1) is 0 Å². The highest BCUT2D eigenvalue weighted by atomic mass is 16.5. The standard InChI is InChI=1S/C15H25N3O3/c1-11(2)18(8-9-19)7-6-15(20)17-13-10-12(16)4-5-14(13)21-3/h4-5,10-11,19H,6-9,16H2,1-3H3,(H,17,20). The van der Waals surface area contributed by atoms with Crippen molar-refractivity contribution in [3.63, 3.8) is 0 Å². The second-order valence-corrected chi connectivity index (χ2v) is 5.11. The molecule has 0 aromatic heterocycles. The predicted molar refractivity (Wildman–Crippen MR) is 84.4 cm³/mol. The number of benzene rings is 1. The number of methoxy groups -OCH3 is 1. The van der Waals surface area contributed by atoms with Gasteiger partial charge in [0.25, 0.3) is 0 Å². The molecule has 0 aliphatic heterocycles. The Morgan fingerprint density at radius 3 is 2.71 bits per heavy atom. The molecule has 0 aliphatic carbocycles. The summed E-state index contributed by atoms with van der Waals surface area (Å²) in [6.45, 7) is 5.31. The van der Waals surface area contributed by atoms with Gasteiger partial charge in [0.1, 0.15) is 5.75 Å². The number of nitrogens with two attached hydrogens (primary N) is 1. The largest absolute Gasteiger partial charge is 0.495 e. The van der Waals surface area contributed by atoms with Crippen LogP contribution in [-0.4, -0.2) is 48.8 Å². The number of rotatable bonds is 8. The lowest BCUT2D eigenvalue weighted by Crippen LogP contribution is -2.35. The molecule has 0 saturated carbocycles. The quantitative estimate of drug-likeness (QED) is 0.629. The van der Waals surface area contributed by atoms with E-state index in [1.807, 2.05) is 13.8 Å². The molecule has 0 spiro atoms. The number of aliphatic hydroxyl groups is 1. The fourth-order valence-electron chi connectivity index (χ4n) is 2.04. The van der Waals surface area contributed by atoms with E-state index in [2.05, 4.69) is 10.2 Å². The van der Waals surface area contributed by atoms with Gasteiger partial charge in [-0.3, -0.25) is 9.69 Å². The number of amides is 1. The van der Waals surface area contributed by atoms with Gasteiger partial charge in [-0.1, -0.05) is 0 Å². The summed E-state index contributed by atoms with van der Waals surface area (Å²) in [6.07, 6.45) is 0.343. The average Bonchev–Trinajstić information content (AvgIpc) is 2.43. The second kappa shape index (κ2) is 8.49. The maximum absolute atomic E-state index is 12.0. The third kappa shape index (κ3) is 5.61. The zero-order valence-corrected chi connectivity index (χ0v) is 12.9. The molecule has 0 unspecified atom stereocenters. The van der Waals surface area contributed by atoms with Crippen molar-refractivity contribution < 1.29 is 14.6 Å². The molecule has 0 heterocycles. The third-order valence-corrected chi connectivity index (χ3v) is 3.24. The molecule has 6 nitrogen and oxygen atoms in total. The van der Waals surface area contributed by atoms with E-state index in [-0.39, 0.29) is 18.6 Å². The van der Waals surface area contributed by atoms with Crippen molar-refractivity contribution in [2.24, 2.45) is 0 Å². The molecule has 118 valence electrons. The van der Waals surface area contributed by atoms with Crippen LogP contribution in [0.4, 0.5) is 11.4 Å². The molecule has 0 fully saturated rings. The van der Waals surface area contributed by atoms with Crippen molar-refractivity contribution in [3.8, 4) is 5.75 Å². The number of hydrogen-bond acceptors (Lipinski definition) is 5. The summed E-state index contributed by atoms with van der Waals surface area (Å²) in [5, 5.41) is 11.8.